The van der Waals surface area contributed by atoms with Crippen LogP contribution in [-0.2, 0) is 4.74 Å². The van der Waals surface area contributed by atoms with Gasteiger partial charge in [-0.15, -0.1) is 0 Å². The molecule has 0 saturated heterocycles. The number of hydrogen-bond donors (Lipinski definition) is 0. The third-order valence-electron chi connectivity index (χ3n) is 3.17. The van der Waals surface area contributed by atoms with Gasteiger partial charge in [0.1, 0.15) is 0 Å². The van der Waals surface area contributed by atoms with E-state index in [1.165, 1.54) is 25.7 Å². The maximum atomic E-state index is 5.75. The molecule has 0 atom stereocenters. The summed E-state index contributed by atoms with van der Waals surface area (Å²) in [6, 6.07) is 0. The summed E-state index contributed by atoms with van der Waals surface area (Å²) >= 11 is 0. The molecule has 0 amide bonds. The molecule has 0 unspecified atom stereocenters. The molecular weight excluding hydrogens is 162 g/mol. The van der Waals surface area contributed by atoms with Crippen LogP contribution in [0.25, 0.3) is 0 Å². The van der Waals surface area contributed by atoms with E-state index in [9.17, 15) is 0 Å². The summed E-state index contributed by atoms with van der Waals surface area (Å²) in [7, 11) is 4.35. The van der Waals surface area contributed by atoms with Gasteiger partial charge in [-0.25, -0.2) is 0 Å². The van der Waals surface area contributed by atoms with Crippen LogP contribution in [0, 0.1) is 0 Å². The molecule has 0 aromatic heterocycles. The van der Waals surface area contributed by atoms with Crippen LogP contribution in [0.2, 0.25) is 0 Å². The van der Waals surface area contributed by atoms with Crippen LogP contribution >= 0.6 is 0 Å². The molecule has 1 aliphatic rings. The van der Waals surface area contributed by atoms with Gasteiger partial charge in [0.15, 0.2) is 0 Å². The van der Waals surface area contributed by atoms with Gasteiger partial charge in [-0.1, -0.05) is 12.8 Å². The van der Waals surface area contributed by atoms with Crippen molar-refractivity contribution in [3.63, 3.8) is 0 Å². The third-order valence-corrected chi connectivity index (χ3v) is 3.17. The molecule has 0 heterocycles. The molecule has 0 spiro atoms. The quantitative estimate of drug-likeness (QED) is 0.666. The van der Waals surface area contributed by atoms with Gasteiger partial charge in [-0.05, 0) is 40.8 Å². The Bertz CT molecular complexity index is 148. The minimum absolute atomic E-state index is 0.338. The van der Waals surface area contributed by atoms with Crippen molar-refractivity contribution >= 4 is 0 Å². The molecule has 78 valence electrons. The van der Waals surface area contributed by atoms with Crippen molar-refractivity contribution in [3.05, 3.63) is 0 Å². The summed E-state index contributed by atoms with van der Waals surface area (Å²) in [6.45, 7) is 5.12. The second-order valence-corrected chi connectivity index (χ2v) is 4.69. The number of nitrogens with zero attached hydrogens (tertiary/aromatic N) is 1. The molecule has 0 bridgehead atoms. The monoisotopic (exact) mass is 185 g/mol. The van der Waals surface area contributed by atoms with Gasteiger partial charge in [-0.2, -0.15) is 0 Å². The highest BCUT2D eigenvalue weighted by Gasteiger charge is 2.36. The van der Waals surface area contributed by atoms with Crippen molar-refractivity contribution in [3.8, 4) is 0 Å². The second-order valence-electron chi connectivity index (χ2n) is 4.69. The lowest BCUT2D eigenvalue weighted by Gasteiger charge is -2.36. The number of rotatable bonds is 4. The van der Waals surface area contributed by atoms with Crippen LogP contribution in [0.3, 0.4) is 0 Å². The first-order valence-corrected chi connectivity index (χ1v) is 5.36. The normalized spacial score (nSPS) is 21.7. The lowest BCUT2D eigenvalue weighted by molar-refractivity contribution is -0.00973. The van der Waals surface area contributed by atoms with Crippen molar-refractivity contribution in [2.75, 3.05) is 20.7 Å². The first-order chi connectivity index (χ1) is 6.07. The SMILES string of the molecule is CC(C)OCC1(N(C)C)CCCC1. The first-order valence-electron chi connectivity index (χ1n) is 5.36. The predicted molar refractivity (Wildman–Crippen MR) is 56.0 cm³/mol. The van der Waals surface area contributed by atoms with Gasteiger partial charge < -0.3 is 9.64 Å². The van der Waals surface area contributed by atoms with Gasteiger partial charge in [0.25, 0.3) is 0 Å². The highest BCUT2D eigenvalue weighted by Crippen LogP contribution is 2.34. The van der Waals surface area contributed by atoms with E-state index in [2.05, 4.69) is 32.8 Å². The van der Waals surface area contributed by atoms with E-state index in [4.69, 9.17) is 4.74 Å². The highest BCUT2D eigenvalue weighted by molar-refractivity contribution is 4.92. The molecule has 0 N–H and O–H groups in total. The third kappa shape index (κ3) is 2.68. The lowest BCUT2D eigenvalue weighted by Crippen LogP contribution is -2.46. The molecular formula is C11H23NO. The average Bonchev–Trinajstić information content (AvgIpc) is 2.50. The molecule has 0 radical (unpaired) electrons. The van der Waals surface area contributed by atoms with E-state index in [1.54, 1.807) is 0 Å². The molecule has 2 heteroatoms. The molecule has 2 nitrogen and oxygen atoms in total. The van der Waals surface area contributed by atoms with Crippen molar-refractivity contribution in [1.82, 2.24) is 4.90 Å². The van der Waals surface area contributed by atoms with E-state index in [1.807, 2.05) is 0 Å². The smallest absolute Gasteiger partial charge is 0.0653 e. The summed E-state index contributed by atoms with van der Waals surface area (Å²) in [5.41, 5.74) is 0.338. The minimum Gasteiger partial charge on any atom is -0.377 e. The van der Waals surface area contributed by atoms with Crippen LogP contribution < -0.4 is 0 Å². The highest BCUT2D eigenvalue weighted by atomic mass is 16.5. The Balaban J connectivity index is 2.47. The van der Waals surface area contributed by atoms with Gasteiger partial charge in [0.05, 0.1) is 12.7 Å². The fraction of sp³-hybridized carbons (Fsp3) is 1.00. The van der Waals surface area contributed by atoms with E-state index in [-0.39, 0.29) is 0 Å². The van der Waals surface area contributed by atoms with Crippen molar-refractivity contribution < 1.29 is 4.74 Å². The average molecular weight is 185 g/mol. The largest absolute Gasteiger partial charge is 0.377 e. The summed E-state index contributed by atoms with van der Waals surface area (Å²) in [5.74, 6) is 0. The molecule has 0 aromatic rings. The fourth-order valence-corrected chi connectivity index (χ4v) is 2.08. The summed E-state index contributed by atoms with van der Waals surface area (Å²) in [6.07, 6.45) is 5.68. The summed E-state index contributed by atoms with van der Waals surface area (Å²) in [4.78, 5) is 2.35. The standard InChI is InChI=1S/C11H23NO/c1-10(2)13-9-11(12(3)4)7-5-6-8-11/h10H,5-9H2,1-4H3. The zero-order valence-corrected chi connectivity index (χ0v) is 9.47. The molecule has 1 aliphatic carbocycles. The molecule has 0 aliphatic heterocycles. The van der Waals surface area contributed by atoms with Crippen molar-refractivity contribution in [1.29, 1.82) is 0 Å². The number of hydrogen-bond acceptors (Lipinski definition) is 2. The predicted octanol–water partition coefficient (Wildman–Crippen LogP) is 2.29. The Kier molecular flexibility index (Phi) is 3.74. The summed E-state index contributed by atoms with van der Waals surface area (Å²) < 4.78 is 5.75. The van der Waals surface area contributed by atoms with Crippen LogP contribution in [-0.4, -0.2) is 37.2 Å². The van der Waals surface area contributed by atoms with Crippen LogP contribution in [0.5, 0.6) is 0 Å². The second kappa shape index (κ2) is 4.43. The zero-order valence-electron chi connectivity index (χ0n) is 9.47. The molecule has 13 heavy (non-hydrogen) atoms. The molecule has 0 aromatic carbocycles. The van der Waals surface area contributed by atoms with E-state index < -0.39 is 0 Å². The fourth-order valence-electron chi connectivity index (χ4n) is 2.08. The molecule has 1 rings (SSSR count). The summed E-state index contributed by atoms with van der Waals surface area (Å²) in [5, 5.41) is 0. The molecule has 1 saturated carbocycles. The minimum atomic E-state index is 0.338. The Morgan fingerprint density at radius 2 is 1.77 bits per heavy atom. The lowest BCUT2D eigenvalue weighted by atomic mass is 9.97. The topological polar surface area (TPSA) is 12.5 Å². The van der Waals surface area contributed by atoms with Gasteiger partial charge in [0, 0.05) is 5.54 Å². The van der Waals surface area contributed by atoms with Gasteiger partial charge in [-0.3, -0.25) is 0 Å². The van der Waals surface area contributed by atoms with E-state index in [0.717, 1.165) is 6.61 Å². The van der Waals surface area contributed by atoms with Crippen LogP contribution in [0.4, 0.5) is 0 Å². The maximum absolute atomic E-state index is 5.75. The Labute approximate surface area is 82.3 Å². The van der Waals surface area contributed by atoms with Gasteiger partial charge >= 0.3 is 0 Å². The van der Waals surface area contributed by atoms with Gasteiger partial charge in [0.2, 0.25) is 0 Å². The Hall–Kier alpha value is -0.0800. The van der Waals surface area contributed by atoms with Crippen LogP contribution in [0.1, 0.15) is 39.5 Å². The first kappa shape index (κ1) is 11.0. The Morgan fingerprint density at radius 1 is 1.23 bits per heavy atom. The number of ether oxygens (including phenoxy) is 1. The Morgan fingerprint density at radius 3 is 2.15 bits per heavy atom. The van der Waals surface area contributed by atoms with Crippen LogP contribution in [0.15, 0.2) is 0 Å². The molecule has 1 fully saturated rings. The van der Waals surface area contributed by atoms with Crippen molar-refractivity contribution in [2.45, 2.75) is 51.2 Å². The number of likely N-dealkylation sites (N-methyl/N-ethyl adjacent to an activating group) is 1. The van der Waals surface area contributed by atoms with Crippen molar-refractivity contribution in [2.24, 2.45) is 0 Å². The zero-order chi connectivity index (χ0) is 9.90. The maximum Gasteiger partial charge on any atom is 0.0653 e. The van der Waals surface area contributed by atoms with E-state index >= 15 is 0 Å². The van der Waals surface area contributed by atoms with E-state index in [0.29, 0.717) is 11.6 Å².